The summed E-state index contributed by atoms with van der Waals surface area (Å²) in [7, 11) is -3.69. The Balaban J connectivity index is 1.49. The number of aromatic nitrogens is 3. The van der Waals surface area contributed by atoms with Crippen LogP contribution in [-0.2, 0) is 10.0 Å². The first-order valence-electron chi connectivity index (χ1n) is 8.66. The molecule has 0 aliphatic carbocycles. The number of rotatable bonds is 4. The van der Waals surface area contributed by atoms with Crippen LogP contribution in [0.3, 0.4) is 0 Å². The smallest absolute Gasteiger partial charge is 0.264 e. The van der Waals surface area contributed by atoms with Crippen LogP contribution in [0.2, 0.25) is 0 Å². The Kier molecular flexibility index (Phi) is 5.06. The number of H-pyrrole nitrogens is 1. The third-order valence-corrected chi connectivity index (χ3v) is 7.96. The van der Waals surface area contributed by atoms with Crippen LogP contribution in [-0.4, -0.2) is 54.1 Å². The number of nitrogens with zero attached hydrogens (tertiary/aromatic N) is 4. The molecule has 29 heavy (non-hydrogen) atoms. The van der Waals surface area contributed by atoms with Crippen LogP contribution in [0.4, 0.5) is 15.9 Å². The van der Waals surface area contributed by atoms with Crippen molar-refractivity contribution in [1.82, 2.24) is 19.5 Å². The summed E-state index contributed by atoms with van der Waals surface area (Å²) in [6, 6.07) is 7.25. The Morgan fingerprint density at radius 1 is 1.14 bits per heavy atom. The Labute approximate surface area is 169 Å². The molecule has 3 N–H and O–H groups in total. The average molecular weight is 436 g/mol. The van der Waals surface area contributed by atoms with Crippen molar-refractivity contribution >= 4 is 32.9 Å². The highest BCUT2D eigenvalue weighted by molar-refractivity contribution is 7.91. The Hall–Kier alpha value is -2.83. The number of anilines is 2. The summed E-state index contributed by atoms with van der Waals surface area (Å²) in [5.41, 5.74) is 5.92. The van der Waals surface area contributed by atoms with Crippen LogP contribution in [0, 0.1) is 5.82 Å². The lowest BCUT2D eigenvalue weighted by atomic mass is 10.3. The highest BCUT2D eigenvalue weighted by Gasteiger charge is 2.31. The van der Waals surface area contributed by atoms with Crippen molar-refractivity contribution in [2.45, 2.75) is 4.21 Å². The Bertz CT molecular complexity index is 1180. The van der Waals surface area contributed by atoms with Crippen molar-refractivity contribution < 1.29 is 12.8 Å². The zero-order valence-electron chi connectivity index (χ0n) is 15.1. The van der Waals surface area contributed by atoms with E-state index in [2.05, 4.69) is 15.2 Å². The Morgan fingerprint density at radius 3 is 2.55 bits per heavy atom. The molecular weight excluding hydrogens is 419 g/mol. The van der Waals surface area contributed by atoms with E-state index >= 15 is 0 Å². The van der Waals surface area contributed by atoms with Gasteiger partial charge < -0.3 is 10.6 Å². The van der Waals surface area contributed by atoms with E-state index in [4.69, 9.17) is 5.73 Å². The minimum absolute atomic E-state index is 0.166. The zero-order valence-corrected chi connectivity index (χ0v) is 16.7. The second kappa shape index (κ2) is 7.54. The number of nitrogens with two attached hydrogens (primary N) is 1. The fraction of sp³-hybridized carbons (Fsp3) is 0.235. The molecule has 4 rings (SSSR count). The zero-order chi connectivity index (χ0) is 20.6. The van der Waals surface area contributed by atoms with Crippen LogP contribution in [0.15, 0.2) is 45.5 Å². The summed E-state index contributed by atoms with van der Waals surface area (Å²) in [4.78, 5) is 17.5. The molecule has 4 heterocycles. The molecule has 3 aromatic rings. The summed E-state index contributed by atoms with van der Waals surface area (Å²) < 4.78 is 41.6. The fourth-order valence-corrected chi connectivity index (χ4v) is 5.88. The largest absolute Gasteiger partial charge is 0.397 e. The second-order valence-corrected chi connectivity index (χ2v) is 9.64. The maximum Gasteiger partial charge on any atom is 0.264 e. The van der Waals surface area contributed by atoms with Crippen molar-refractivity contribution in [2.75, 3.05) is 36.8 Å². The molecule has 152 valence electrons. The number of nitrogens with one attached hydrogen (secondary N) is 1. The van der Waals surface area contributed by atoms with Gasteiger partial charge in [0.05, 0.1) is 16.8 Å². The van der Waals surface area contributed by atoms with E-state index in [-0.39, 0.29) is 34.4 Å². The maximum atomic E-state index is 14.1. The molecule has 9 nitrogen and oxygen atoms in total. The molecule has 0 radical (unpaired) electrons. The quantitative estimate of drug-likeness (QED) is 0.628. The molecule has 1 aliphatic rings. The van der Waals surface area contributed by atoms with Crippen LogP contribution in [0.25, 0.3) is 10.6 Å². The van der Waals surface area contributed by atoms with E-state index in [1.807, 2.05) is 0 Å². The number of halogens is 1. The molecule has 1 aliphatic heterocycles. The van der Waals surface area contributed by atoms with E-state index in [0.717, 1.165) is 11.3 Å². The number of sulfonamides is 1. The minimum atomic E-state index is -3.69. The molecule has 12 heteroatoms. The molecule has 0 atom stereocenters. The van der Waals surface area contributed by atoms with Gasteiger partial charge in [0.2, 0.25) is 0 Å². The van der Waals surface area contributed by atoms with E-state index in [0.29, 0.717) is 23.7 Å². The van der Waals surface area contributed by atoms with Crippen molar-refractivity contribution in [2.24, 2.45) is 0 Å². The topological polar surface area (TPSA) is 125 Å². The van der Waals surface area contributed by atoms with E-state index < -0.39 is 15.8 Å². The van der Waals surface area contributed by atoms with Gasteiger partial charge >= 0.3 is 0 Å². The van der Waals surface area contributed by atoms with Gasteiger partial charge in [0.15, 0.2) is 11.6 Å². The minimum Gasteiger partial charge on any atom is -0.397 e. The number of aromatic amines is 1. The third kappa shape index (κ3) is 3.86. The van der Waals surface area contributed by atoms with Gasteiger partial charge in [0.1, 0.15) is 9.90 Å². The molecule has 1 saturated heterocycles. The molecule has 0 aromatic carbocycles. The molecule has 0 amide bonds. The van der Waals surface area contributed by atoms with Crippen LogP contribution in [0.1, 0.15) is 0 Å². The van der Waals surface area contributed by atoms with Gasteiger partial charge in [-0.3, -0.25) is 4.79 Å². The molecule has 3 aromatic heterocycles. The van der Waals surface area contributed by atoms with Crippen LogP contribution < -0.4 is 16.2 Å². The number of piperazine rings is 1. The van der Waals surface area contributed by atoms with E-state index in [1.54, 1.807) is 11.0 Å². The average Bonchev–Trinajstić information content (AvgIpc) is 3.20. The summed E-state index contributed by atoms with van der Waals surface area (Å²) in [5.74, 6) is -0.364. The molecule has 0 spiro atoms. The summed E-state index contributed by atoms with van der Waals surface area (Å²) >= 11 is 1.08. The predicted octanol–water partition coefficient (Wildman–Crippen LogP) is 1.13. The highest BCUT2D eigenvalue weighted by atomic mass is 32.2. The number of pyridine rings is 1. The maximum absolute atomic E-state index is 14.1. The highest BCUT2D eigenvalue weighted by Crippen LogP contribution is 2.31. The lowest BCUT2D eigenvalue weighted by molar-refractivity contribution is 0.383. The summed E-state index contributed by atoms with van der Waals surface area (Å²) in [5, 5.41) is 6.25. The fourth-order valence-electron chi connectivity index (χ4n) is 3.02. The van der Waals surface area contributed by atoms with Crippen LogP contribution in [0.5, 0.6) is 0 Å². The summed E-state index contributed by atoms with van der Waals surface area (Å²) in [6.45, 7) is 1.04. The van der Waals surface area contributed by atoms with Crippen molar-refractivity contribution in [3.63, 3.8) is 0 Å². The first-order valence-corrected chi connectivity index (χ1v) is 10.9. The lowest BCUT2D eigenvalue weighted by Gasteiger charge is -2.34. The summed E-state index contributed by atoms with van der Waals surface area (Å²) in [6.07, 6.45) is 1.37. The van der Waals surface area contributed by atoms with Crippen molar-refractivity contribution in [3.8, 4) is 10.6 Å². The normalized spacial score (nSPS) is 15.6. The number of hydrogen-bond donors (Lipinski definition) is 2. The Morgan fingerprint density at radius 2 is 1.90 bits per heavy atom. The van der Waals surface area contributed by atoms with Gasteiger partial charge in [-0.25, -0.2) is 22.9 Å². The third-order valence-electron chi connectivity index (χ3n) is 4.49. The first-order chi connectivity index (χ1) is 13.8. The predicted molar refractivity (Wildman–Crippen MR) is 108 cm³/mol. The van der Waals surface area contributed by atoms with Crippen LogP contribution >= 0.6 is 11.3 Å². The van der Waals surface area contributed by atoms with Gasteiger partial charge in [0.25, 0.3) is 15.6 Å². The number of thiophene rings is 1. The second-order valence-electron chi connectivity index (χ2n) is 6.39. The molecule has 0 saturated carbocycles. The lowest BCUT2D eigenvalue weighted by Crippen LogP contribution is -2.49. The standard InChI is InChI=1S/C17H17FN6O3S2/c18-12-9-11(19)10-20-17(12)23-5-7-24(8-6-23)29(26,27)16-4-2-14(28-16)13-1-3-15(25)22-21-13/h1-4,9-10H,5-8,19H2,(H,22,25). The molecule has 0 unspecified atom stereocenters. The van der Waals surface area contributed by atoms with E-state index in [1.165, 1.54) is 34.8 Å². The first kappa shape index (κ1) is 19.5. The van der Waals surface area contributed by atoms with Gasteiger partial charge in [0, 0.05) is 38.3 Å². The van der Waals surface area contributed by atoms with Gasteiger partial charge in [-0.2, -0.15) is 9.40 Å². The molecule has 1 fully saturated rings. The molecular formula is C17H17FN6O3S2. The number of nitrogen functional groups attached to an aromatic ring is 1. The van der Waals surface area contributed by atoms with Gasteiger partial charge in [-0.15, -0.1) is 11.3 Å². The SMILES string of the molecule is Nc1cnc(N2CCN(S(=O)(=O)c3ccc(-c4ccc(=O)[nH]n4)s3)CC2)c(F)c1. The molecule has 0 bridgehead atoms. The van der Waals surface area contributed by atoms with E-state index in [9.17, 15) is 17.6 Å². The van der Waals surface area contributed by atoms with Gasteiger partial charge in [-0.1, -0.05) is 0 Å². The monoisotopic (exact) mass is 436 g/mol. The number of hydrogen-bond acceptors (Lipinski definition) is 8. The van der Waals surface area contributed by atoms with Gasteiger partial charge in [-0.05, 0) is 18.2 Å². The van der Waals surface area contributed by atoms with Crippen molar-refractivity contribution in [1.29, 1.82) is 0 Å². The van der Waals surface area contributed by atoms with Crippen molar-refractivity contribution in [3.05, 3.63) is 52.7 Å².